The Labute approximate surface area is 137 Å². The Morgan fingerprint density at radius 2 is 1.91 bits per heavy atom. The fourth-order valence-electron chi connectivity index (χ4n) is 3.49. The van der Waals surface area contributed by atoms with Crippen molar-refractivity contribution in [3.05, 3.63) is 0 Å². The molecule has 1 atom stereocenters. The first-order valence-electron chi connectivity index (χ1n) is 8.30. The van der Waals surface area contributed by atoms with Crippen molar-refractivity contribution in [2.45, 2.75) is 51.6 Å². The average molecular weight is 325 g/mol. The van der Waals surface area contributed by atoms with Gasteiger partial charge in [-0.3, -0.25) is 4.79 Å². The number of hydrogen-bond donors (Lipinski definition) is 1. The number of methoxy groups -OCH3 is 1. The number of nitrogens with one attached hydrogen (secondary N) is 1. The molecule has 0 aromatic heterocycles. The highest BCUT2D eigenvalue weighted by Crippen LogP contribution is 2.31. The van der Waals surface area contributed by atoms with E-state index < -0.39 is 23.6 Å². The lowest BCUT2D eigenvalue weighted by molar-refractivity contribution is -0.151. The van der Waals surface area contributed by atoms with Gasteiger partial charge in [-0.2, -0.15) is 0 Å². The third kappa shape index (κ3) is 3.34. The van der Waals surface area contributed by atoms with Crippen LogP contribution in [0.25, 0.3) is 0 Å². The number of nitrogens with zero attached hydrogens (tertiary/aromatic N) is 2. The largest absolute Gasteiger partial charge is 0.467 e. The minimum Gasteiger partial charge on any atom is -0.467 e. The zero-order valence-corrected chi connectivity index (χ0v) is 14.4. The van der Waals surface area contributed by atoms with Crippen LogP contribution in [0.1, 0.15) is 40.0 Å². The molecule has 2 aliphatic rings. The second-order valence-electron chi connectivity index (χ2n) is 6.83. The molecular weight excluding hydrogens is 298 g/mol. The molecule has 0 saturated carbocycles. The smallest absolute Gasteiger partial charge is 0.329 e. The highest BCUT2D eigenvalue weighted by atomic mass is 16.5. The number of piperidine rings is 1. The predicted molar refractivity (Wildman–Crippen MR) is 84.7 cm³/mol. The lowest BCUT2D eigenvalue weighted by Gasteiger charge is -2.38. The first-order chi connectivity index (χ1) is 10.8. The monoisotopic (exact) mass is 325 g/mol. The van der Waals surface area contributed by atoms with E-state index in [0.717, 1.165) is 24.5 Å². The van der Waals surface area contributed by atoms with Crippen molar-refractivity contribution < 1.29 is 19.1 Å². The van der Waals surface area contributed by atoms with Gasteiger partial charge >= 0.3 is 12.0 Å². The molecule has 1 spiro atoms. The van der Waals surface area contributed by atoms with Gasteiger partial charge in [0.15, 0.2) is 0 Å². The summed E-state index contributed by atoms with van der Waals surface area (Å²) >= 11 is 0. The van der Waals surface area contributed by atoms with E-state index in [9.17, 15) is 14.4 Å². The van der Waals surface area contributed by atoms with Crippen LogP contribution in [0.4, 0.5) is 4.79 Å². The molecule has 0 aliphatic carbocycles. The number of likely N-dealkylation sites (tertiary alicyclic amines) is 1. The van der Waals surface area contributed by atoms with Crippen molar-refractivity contribution in [1.29, 1.82) is 0 Å². The number of carbonyl (C=O) groups is 3. The third-order valence-corrected chi connectivity index (χ3v) is 4.70. The molecule has 0 bridgehead atoms. The Balaban J connectivity index is 2.11. The van der Waals surface area contributed by atoms with Gasteiger partial charge in [-0.05, 0) is 25.2 Å². The number of carbonyl (C=O) groups excluding carboxylic acids is 3. The highest BCUT2D eigenvalue weighted by Gasteiger charge is 2.55. The van der Waals surface area contributed by atoms with Crippen LogP contribution in [0.3, 0.4) is 0 Å². The van der Waals surface area contributed by atoms with E-state index in [4.69, 9.17) is 4.74 Å². The minimum absolute atomic E-state index is 0.288. The van der Waals surface area contributed by atoms with Crippen LogP contribution in [0.15, 0.2) is 0 Å². The Kier molecular flexibility index (Phi) is 5.29. The fourth-order valence-corrected chi connectivity index (χ4v) is 3.49. The number of esters is 1. The molecule has 130 valence electrons. The molecule has 2 aliphatic heterocycles. The molecule has 0 aromatic rings. The van der Waals surface area contributed by atoms with Crippen LogP contribution in [-0.4, -0.2) is 66.0 Å². The molecule has 0 radical (unpaired) electrons. The summed E-state index contributed by atoms with van der Waals surface area (Å²) < 4.78 is 4.73. The number of imide groups is 1. The van der Waals surface area contributed by atoms with Gasteiger partial charge in [-0.25, -0.2) is 14.5 Å². The Hall–Kier alpha value is -1.63. The van der Waals surface area contributed by atoms with Gasteiger partial charge in [0.05, 0.1) is 7.11 Å². The van der Waals surface area contributed by atoms with E-state index in [-0.39, 0.29) is 5.91 Å². The summed E-state index contributed by atoms with van der Waals surface area (Å²) in [5.74, 6) is -0.271. The molecule has 2 rings (SSSR count). The molecule has 7 nitrogen and oxygen atoms in total. The predicted octanol–water partition coefficient (Wildman–Crippen LogP) is 0.980. The Bertz CT molecular complexity index is 484. The molecule has 2 heterocycles. The van der Waals surface area contributed by atoms with Gasteiger partial charge < -0.3 is 15.0 Å². The van der Waals surface area contributed by atoms with Crippen LogP contribution in [0.2, 0.25) is 0 Å². The van der Waals surface area contributed by atoms with Crippen LogP contribution in [0, 0.1) is 5.92 Å². The van der Waals surface area contributed by atoms with Crippen LogP contribution < -0.4 is 5.32 Å². The average Bonchev–Trinajstić information content (AvgIpc) is 2.74. The molecule has 1 unspecified atom stereocenters. The number of amides is 3. The van der Waals surface area contributed by atoms with Crippen molar-refractivity contribution in [2.75, 3.05) is 26.7 Å². The molecule has 23 heavy (non-hydrogen) atoms. The molecule has 1 N–H and O–H groups in total. The summed E-state index contributed by atoms with van der Waals surface area (Å²) in [4.78, 5) is 40.4. The van der Waals surface area contributed by atoms with Crippen molar-refractivity contribution in [3.63, 3.8) is 0 Å². The number of rotatable bonds is 5. The van der Waals surface area contributed by atoms with E-state index in [1.807, 2.05) is 0 Å². The van der Waals surface area contributed by atoms with Crippen molar-refractivity contribution >= 4 is 17.9 Å². The maximum Gasteiger partial charge on any atom is 0.329 e. The quantitative estimate of drug-likeness (QED) is 0.602. The van der Waals surface area contributed by atoms with Gasteiger partial charge in [0, 0.05) is 19.6 Å². The molecule has 2 fully saturated rings. The van der Waals surface area contributed by atoms with Gasteiger partial charge in [-0.1, -0.05) is 20.8 Å². The Morgan fingerprint density at radius 3 is 2.39 bits per heavy atom. The topological polar surface area (TPSA) is 79.0 Å². The third-order valence-electron chi connectivity index (χ3n) is 4.70. The first kappa shape index (κ1) is 17.7. The van der Waals surface area contributed by atoms with Crippen molar-refractivity contribution in [2.24, 2.45) is 5.92 Å². The number of urea groups is 1. The van der Waals surface area contributed by atoms with E-state index >= 15 is 0 Å². The van der Waals surface area contributed by atoms with E-state index in [1.165, 1.54) is 7.11 Å². The summed E-state index contributed by atoms with van der Waals surface area (Å²) in [5, 5.41) is 2.84. The lowest BCUT2D eigenvalue weighted by Crippen LogP contribution is -2.56. The molecule has 0 aromatic carbocycles. The number of ether oxygens (including phenoxy) is 1. The SMILES string of the molecule is CCC(C(=O)OC)N1C(=O)NC2(CCN(CC(C)C)CC2)C1=O. The van der Waals surface area contributed by atoms with Gasteiger partial charge in [0.1, 0.15) is 11.6 Å². The van der Waals surface area contributed by atoms with E-state index in [1.54, 1.807) is 6.92 Å². The molecular formula is C16H27N3O4. The summed E-state index contributed by atoms with van der Waals surface area (Å²) in [7, 11) is 1.27. The minimum atomic E-state index is -0.855. The fraction of sp³-hybridized carbons (Fsp3) is 0.812. The standard InChI is InChI=1S/C16H27N3O4/c1-5-12(13(20)23-4)19-14(21)16(17-15(19)22)6-8-18(9-7-16)10-11(2)3/h11-12H,5-10H2,1-4H3,(H,17,22). The summed E-state index contributed by atoms with van der Waals surface area (Å²) in [5.41, 5.74) is -0.855. The first-order valence-corrected chi connectivity index (χ1v) is 8.30. The van der Waals surface area contributed by atoms with E-state index in [0.29, 0.717) is 25.2 Å². The molecule has 2 saturated heterocycles. The Morgan fingerprint density at radius 1 is 1.30 bits per heavy atom. The normalized spacial score (nSPS) is 22.6. The number of hydrogen-bond acceptors (Lipinski definition) is 5. The zero-order chi connectivity index (χ0) is 17.2. The molecule has 7 heteroatoms. The maximum atomic E-state index is 12.9. The van der Waals surface area contributed by atoms with Crippen LogP contribution in [-0.2, 0) is 14.3 Å². The van der Waals surface area contributed by atoms with Gasteiger partial charge in [0.25, 0.3) is 5.91 Å². The van der Waals surface area contributed by atoms with Gasteiger partial charge in [0.2, 0.25) is 0 Å². The van der Waals surface area contributed by atoms with Crippen LogP contribution in [0.5, 0.6) is 0 Å². The summed E-state index contributed by atoms with van der Waals surface area (Å²) in [6.45, 7) is 8.62. The van der Waals surface area contributed by atoms with E-state index in [2.05, 4.69) is 24.1 Å². The highest BCUT2D eigenvalue weighted by molar-refractivity contribution is 6.09. The van der Waals surface area contributed by atoms with Gasteiger partial charge in [-0.15, -0.1) is 0 Å². The van der Waals surface area contributed by atoms with Crippen LogP contribution >= 0.6 is 0 Å². The van der Waals surface area contributed by atoms with Crippen molar-refractivity contribution in [1.82, 2.24) is 15.1 Å². The lowest BCUT2D eigenvalue weighted by atomic mass is 9.87. The second-order valence-corrected chi connectivity index (χ2v) is 6.83. The zero-order valence-electron chi connectivity index (χ0n) is 14.4. The second kappa shape index (κ2) is 6.86. The molecule has 3 amide bonds. The summed E-state index contributed by atoms with van der Waals surface area (Å²) in [6.07, 6.45) is 1.51. The maximum absolute atomic E-state index is 12.9. The summed E-state index contributed by atoms with van der Waals surface area (Å²) in [6, 6.07) is -1.33. The van der Waals surface area contributed by atoms with Crippen molar-refractivity contribution in [3.8, 4) is 0 Å².